The topological polar surface area (TPSA) is 57.2 Å². The lowest BCUT2D eigenvalue weighted by Gasteiger charge is -2.42. The first-order valence-electron chi connectivity index (χ1n) is 4.52. The van der Waals surface area contributed by atoms with Crippen LogP contribution in [0.5, 0.6) is 0 Å². The Morgan fingerprint density at radius 3 is 2.53 bits per heavy atom. The standard InChI is InChI=1S/C7H15BO5P2/c1-3-5(9)7(13-15)6(12-8)4(11-3)2-10-14/h3-7,9H,2,14-15H2,1H3. The summed E-state index contributed by atoms with van der Waals surface area (Å²) in [4.78, 5) is 0. The van der Waals surface area contributed by atoms with E-state index in [2.05, 4.69) is 18.9 Å². The zero-order chi connectivity index (χ0) is 11.4. The highest BCUT2D eigenvalue weighted by Crippen LogP contribution is 2.27. The SMILES string of the molecule is [B]OC1C(COP)OC(C)C(O)C1OP. The van der Waals surface area contributed by atoms with Crippen molar-refractivity contribution in [2.75, 3.05) is 6.61 Å². The van der Waals surface area contributed by atoms with Crippen molar-refractivity contribution in [2.24, 2.45) is 0 Å². The summed E-state index contributed by atoms with van der Waals surface area (Å²) in [5.41, 5.74) is 0. The fourth-order valence-corrected chi connectivity index (χ4v) is 2.16. The van der Waals surface area contributed by atoms with Gasteiger partial charge < -0.3 is 23.5 Å². The van der Waals surface area contributed by atoms with Gasteiger partial charge in [-0.05, 0) is 6.92 Å². The molecule has 0 saturated carbocycles. The molecule has 8 heteroatoms. The summed E-state index contributed by atoms with van der Waals surface area (Å²) in [5.74, 6) is 0. The molecule has 1 saturated heterocycles. The Morgan fingerprint density at radius 1 is 1.40 bits per heavy atom. The van der Waals surface area contributed by atoms with Gasteiger partial charge in [-0.25, -0.2) is 0 Å². The van der Waals surface area contributed by atoms with E-state index < -0.39 is 18.3 Å². The summed E-state index contributed by atoms with van der Waals surface area (Å²) >= 11 is 0. The molecule has 0 spiro atoms. The van der Waals surface area contributed by atoms with E-state index in [4.69, 9.17) is 26.5 Å². The molecule has 0 aromatic rings. The highest BCUT2D eigenvalue weighted by molar-refractivity contribution is 7.10. The molecular formula is C7H15BO5P2. The van der Waals surface area contributed by atoms with Gasteiger partial charge >= 0.3 is 0 Å². The molecule has 7 unspecified atom stereocenters. The van der Waals surface area contributed by atoms with Gasteiger partial charge in [0.2, 0.25) is 0 Å². The Balaban J connectivity index is 2.73. The van der Waals surface area contributed by atoms with Crippen molar-refractivity contribution >= 4 is 27.0 Å². The van der Waals surface area contributed by atoms with Crippen LogP contribution in [0, 0.1) is 0 Å². The van der Waals surface area contributed by atoms with Crippen molar-refractivity contribution < 1.29 is 23.5 Å². The molecule has 5 nitrogen and oxygen atoms in total. The molecule has 1 fully saturated rings. The van der Waals surface area contributed by atoms with Crippen molar-refractivity contribution in [1.82, 2.24) is 0 Å². The van der Waals surface area contributed by atoms with Gasteiger partial charge in [-0.3, -0.25) is 0 Å². The van der Waals surface area contributed by atoms with E-state index in [0.717, 1.165) is 0 Å². The molecule has 1 aliphatic rings. The largest absolute Gasteiger partial charge is 0.440 e. The van der Waals surface area contributed by atoms with Crippen molar-refractivity contribution in [3.63, 3.8) is 0 Å². The Bertz CT molecular complexity index is 198. The third-order valence-electron chi connectivity index (χ3n) is 2.47. The zero-order valence-corrected chi connectivity index (χ0v) is 10.7. The average Bonchev–Trinajstić information content (AvgIpc) is 2.23. The Morgan fingerprint density at radius 2 is 2.07 bits per heavy atom. The molecule has 2 radical (unpaired) electrons. The van der Waals surface area contributed by atoms with Crippen LogP contribution in [0.4, 0.5) is 0 Å². The maximum absolute atomic E-state index is 9.78. The lowest BCUT2D eigenvalue weighted by Crippen LogP contribution is -2.58. The van der Waals surface area contributed by atoms with Gasteiger partial charge in [0, 0.05) is 18.9 Å². The second-order valence-corrected chi connectivity index (χ2v) is 4.01. The summed E-state index contributed by atoms with van der Waals surface area (Å²) in [5, 5.41) is 9.78. The molecule has 86 valence electrons. The Hall–Kier alpha value is 0.725. The molecule has 0 bridgehead atoms. The highest BCUT2D eigenvalue weighted by Gasteiger charge is 2.43. The third kappa shape index (κ3) is 3.10. The van der Waals surface area contributed by atoms with Crippen LogP contribution in [-0.2, 0) is 18.4 Å². The lowest BCUT2D eigenvalue weighted by atomic mass is 9.95. The normalized spacial score (nSPS) is 41.7. The van der Waals surface area contributed by atoms with Crippen LogP contribution in [0.3, 0.4) is 0 Å². The van der Waals surface area contributed by atoms with Crippen LogP contribution in [-0.4, -0.2) is 50.3 Å². The number of hydrogen-bond donors (Lipinski definition) is 1. The van der Waals surface area contributed by atoms with Gasteiger partial charge in [0.1, 0.15) is 18.3 Å². The quantitative estimate of drug-likeness (QED) is 0.544. The minimum absolute atomic E-state index is 0.300. The summed E-state index contributed by atoms with van der Waals surface area (Å²) in [6.45, 7) is 2.05. The lowest BCUT2D eigenvalue weighted by molar-refractivity contribution is -0.205. The molecule has 15 heavy (non-hydrogen) atoms. The molecule has 0 aromatic heterocycles. The molecular weight excluding hydrogens is 237 g/mol. The second kappa shape index (κ2) is 6.46. The molecule has 1 heterocycles. The minimum atomic E-state index is -0.781. The van der Waals surface area contributed by atoms with Crippen LogP contribution in [0.15, 0.2) is 0 Å². The predicted molar refractivity (Wildman–Crippen MR) is 61.2 cm³/mol. The Labute approximate surface area is 95.2 Å². The van der Waals surface area contributed by atoms with E-state index in [1.165, 1.54) is 0 Å². The second-order valence-electron chi connectivity index (χ2n) is 3.40. The Kier molecular flexibility index (Phi) is 5.94. The summed E-state index contributed by atoms with van der Waals surface area (Å²) in [6, 6.07) is 0. The van der Waals surface area contributed by atoms with Gasteiger partial charge in [-0.15, -0.1) is 0 Å². The van der Waals surface area contributed by atoms with Gasteiger partial charge in [-0.2, -0.15) is 0 Å². The van der Waals surface area contributed by atoms with E-state index in [9.17, 15) is 5.11 Å². The maximum Gasteiger partial charge on any atom is 0.283 e. The van der Waals surface area contributed by atoms with Gasteiger partial charge in [0.15, 0.2) is 0 Å². The number of ether oxygens (including phenoxy) is 1. The third-order valence-corrected chi connectivity index (χ3v) is 2.98. The van der Waals surface area contributed by atoms with Crippen LogP contribution in [0.1, 0.15) is 6.92 Å². The molecule has 1 aliphatic heterocycles. The smallest absolute Gasteiger partial charge is 0.283 e. The molecule has 7 atom stereocenters. The zero-order valence-electron chi connectivity index (χ0n) is 8.41. The van der Waals surface area contributed by atoms with Crippen LogP contribution >= 0.6 is 18.9 Å². The number of aliphatic hydroxyl groups is 1. The first-order valence-corrected chi connectivity index (χ1v) is 5.46. The van der Waals surface area contributed by atoms with Gasteiger partial charge in [0.05, 0.1) is 18.8 Å². The molecule has 0 amide bonds. The summed E-state index contributed by atoms with van der Waals surface area (Å²) in [6.07, 6.45) is -2.61. The minimum Gasteiger partial charge on any atom is -0.440 e. The van der Waals surface area contributed by atoms with Gasteiger partial charge in [0.25, 0.3) is 8.05 Å². The van der Waals surface area contributed by atoms with Crippen molar-refractivity contribution in [1.29, 1.82) is 0 Å². The fraction of sp³-hybridized carbons (Fsp3) is 1.00. The maximum atomic E-state index is 9.78. The molecule has 1 N–H and O–H groups in total. The van der Waals surface area contributed by atoms with E-state index in [-0.39, 0.29) is 12.2 Å². The average molecular weight is 252 g/mol. The highest BCUT2D eigenvalue weighted by atomic mass is 31.0. The number of hydrogen-bond acceptors (Lipinski definition) is 5. The first kappa shape index (κ1) is 13.8. The molecule has 0 aromatic carbocycles. The van der Waals surface area contributed by atoms with Crippen LogP contribution < -0.4 is 0 Å². The number of aliphatic hydroxyl groups excluding tert-OH is 1. The molecule has 1 rings (SSSR count). The van der Waals surface area contributed by atoms with Gasteiger partial charge in [-0.1, -0.05) is 0 Å². The van der Waals surface area contributed by atoms with E-state index in [1.54, 1.807) is 6.92 Å². The van der Waals surface area contributed by atoms with E-state index in [0.29, 0.717) is 6.61 Å². The van der Waals surface area contributed by atoms with E-state index in [1.807, 2.05) is 0 Å². The predicted octanol–water partition coefficient (Wildman–Crippen LogP) is -0.415. The van der Waals surface area contributed by atoms with Crippen molar-refractivity contribution in [3.8, 4) is 0 Å². The summed E-state index contributed by atoms with van der Waals surface area (Å²) < 4.78 is 20.2. The fourth-order valence-electron chi connectivity index (χ4n) is 1.66. The summed E-state index contributed by atoms with van der Waals surface area (Å²) in [7, 11) is 9.37. The molecule has 0 aliphatic carbocycles. The monoisotopic (exact) mass is 252 g/mol. The van der Waals surface area contributed by atoms with Crippen molar-refractivity contribution in [3.05, 3.63) is 0 Å². The number of rotatable bonds is 4. The first-order chi connectivity index (χ1) is 7.15. The van der Waals surface area contributed by atoms with Crippen LogP contribution in [0.25, 0.3) is 0 Å². The van der Waals surface area contributed by atoms with Crippen LogP contribution in [0.2, 0.25) is 0 Å². The van der Waals surface area contributed by atoms with Crippen molar-refractivity contribution in [2.45, 2.75) is 37.4 Å². The van der Waals surface area contributed by atoms with E-state index >= 15 is 0 Å².